The van der Waals surface area contributed by atoms with E-state index in [1.807, 2.05) is 0 Å². The monoisotopic (exact) mass is 175 g/mol. The van der Waals surface area contributed by atoms with Gasteiger partial charge in [-0.1, -0.05) is 37.6 Å². The molecule has 0 aromatic rings. The van der Waals surface area contributed by atoms with E-state index in [-0.39, 0.29) is 0 Å². The van der Waals surface area contributed by atoms with Crippen LogP contribution < -0.4 is 0 Å². The number of unbranched alkanes of at least 4 members (excludes halogenated alkanes) is 1. The number of rotatable bonds is 3. The average Bonchev–Trinajstić information content (AvgIpc) is 2.13. The van der Waals surface area contributed by atoms with Crippen LogP contribution in [0.15, 0.2) is 24.3 Å². The molecule has 2 rings (SSSR count). The highest BCUT2D eigenvalue weighted by Gasteiger charge is 2.03. The molecule has 0 aliphatic heterocycles. The minimum absolute atomic E-state index is 0.576. The van der Waals surface area contributed by atoms with Crippen molar-refractivity contribution in [3.63, 3.8) is 0 Å². The van der Waals surface area contributed by atoms with Crippen LogP contribution in [0.3, 0.4) is 0 Å². The molecular formula is C11H13NO. The molecule has 0 fully saturated rings. The summed E-state index contributed by atoms with van der Waals surface area (Å²) in [5.74, 6) is 0. The topological polar surface area (TPSA) is 33.0 Å². The molecule has 0 aromatic carbocycles. The lowest BCUT2D eigenvalue weighted by Crippen LogP contribution is -1.85. The maximum atomic E-state index is 7.82. The van der Waals surface area contributed by atoms with Gasteiger partial charge in [-0.3, -0.25) is 0 Å². The first kappa shape index (κ1) is 9.60. The molecule has 0 saturated carbocycles. The lowest BCUT2D eigenvalue weighted by Gasteiger charge is -2.10. The third-order valence-electron chi connectivity index (χ3n) is 1.88. The van der Waals surface area contributed by atoms with Gasteiger partial charge in [-0.05, 0) is 17.5 Å². The van der Waals surface area contributed by atoms with Crippen molar-refractivity contribution < 1.29 is 4.74 Å². The molecule has 13 heavy (non-hydrogen) atoms. The van der Waals surface area contributed by atoms with Crippen LogP contribution in [0.1, 0.15) is 19.8 Å². The molecule has 0 bridgehead atoms. The fourth-order valence-electron chi connectivity index (χ4n) is 0.925. The lowest BCUT2D eigenvalue weighted by molar-refractivity contribution is 0.264. The third-order valence-corrected chi connectivity index (χ3v) is 1.88. The average molecular weight is 175 g/mol. The molecule has 2 nitrogen and oxygen atoms in total. The summed E-state index contributed by atoms with van der Waals surface area (Å²) in [6.45, 7) is 2.63. The van der Waals surface area contributed by atoms with Crippen molar-refractivity contribution in [3.8, 4) is 17.4 Å². The molecule has 2 aliphatic rings. The van der Waals surface area contributed by atoms with Crippen LogP contribution in [0.25, 0.3) is 11.1 Å². The number of ether oxygens (including phenoxy) is 1. The zero-order chi connectivity index (χ0) is 9.52. The fraction of sp³-hybridized carbons (Fsp3) is 0.364. The second-order valence-electron chi connectivity index (χ2n) is 2.87. The number of nitrogens with zero attached hydrogens (tertiary/aromatic N) is 1. The molecule has 2 heteroatoms. The van der Waals surface area contributed by atoms with Crippen molar-refractivity contribution in [2.75, 3.05) is 6.61 Å². The first-order valence-corrected chi connectivity index (χ1v) is 4.49. The van der Waals surface area contributed by atoms with Crippen molar-refractivity contribution in [1.82, 2.24) is 0 Å². The molecule has 0 N–H and O–H groups in total. The molecule has 0 saturated heterocycles. The van der Waals surface area contributed by atoms with Crippen LogP contribution in [0, 0.1) is 11.5 Å². The van der Waals surface area contributed by atoms with E-state index in [1.165, 1.54) is 11.1 Å². The van der Waals surface area contributed by atoms with E-state index in [1.54, 1.807) is 6.26 Å². The second-order valence-corrected chi connectivity index (χ2v) is 2.87. The Bertz CT molecular complexity index is 263. The molecule has 0 spiro atoms. The molecule has 0 radical (unpaired) electrons. The maximum Gasteiger partial charge on any atom is 0.286 e. The number of benzene rings is 1. The molecule has 0 atom stereocenters. The molecule has 2 aliphatic carbocycles. The molecule has 0 unspecified atom stereocenters. The molecule has 68 valence electrons. The van der Waals surface area contributed by atoms with E-state index in [4.69, 9.17) is 5.26 Å². The zero-order valence-corrected chi connectivity index (χ0v) is 7.79. The van der Waals surface area contributed by atoms with Crippen LogP contribution in [0.4, 0.5) is 0 Å². The second kappa shape index (κ2) is 5.21. The van der Waals surface area contributed by atoms with Crippen LogP contribution in [0.5, 0.6) is 0 Å². The summed E-state index contributed by atoms with van der Waals surface area (Å²) in [5.41, 5.74) is 2.85. The van der Waals surface area contributed by atoms with Gasteiger partial charge in [-0.2, -0.15) is 5.26 Å². The zero-order valence-electron chi connectivity index (χ0n) is 7.79. The van der Waals surface area contributed by atoms with Gasteiger partial charge < -0.3 is 4.74 Å². The van der Waals surface area contributed by atoms with Gasteiger partial charge in [0.2, 0.25) is 0 Å². The maximum absolute atomic E-state index is 7.82. The summed E-state index contributed by atoms with van der Waals surface area (Å²) < 4.78 is 4.38. The van der Waals surface area contributed by atoms with Gasteiger partial charge in [-0.15, -0.1) is 0 Å². The molecule has 0 aromatic heterocycles. The summed E-state index contributed by atoms with van der Waals surface area (Å²) in [5, 5.41) is 7.82. The van der Waals surface area contributed by atoms with E-state index in [0.717, 1.165) is 12.8 Å². The predicted molar refractivity (Wildman–Crippen MR) is 51.9 cm³/mol. The number of nitriles is 1. The van der Waals surface area contributed by atoms with Gasteiger partial charge in [0, 0.05) is 0 Å². The van der Waals surface area contributed by atoms with Gasteiger partial charge in [0.15, 0.2) is 0 Å². The highest BCUT2D eigenvalue weighted by atomic mass is 16.5. The summed E-state index contributed by atoms with van der Waals surface area (Å²) in [4.78, 5) is 0. The summed E-state index contributed by atoms with van der Waals surface area (Å²) in [6.07, 6.45) is 3.67. The fourth-order valence-corrected chi connectivity index (χ4v) is 0.925. The smallest absolute Gasteiger partial charge is 0.286 e. The predicted octanol–water partition coefficient (Wildman–Crippen LogP) is 2.95. The van der Waals surface area contributed by atoms with Crippen molar-refractivity contribution in [1.29, 1.82) is 5.26 Å². The number of fused-ring (bicyclic) bond motifs is 1. The van der Waals surface area contributed by atoms with Gasteiger partial charge >= 0.3 is 0 Å². The van der Waals surface area contributed by atoms with Crippen LogP contribution in [0.2, 0.25) is 0 Å². The molecule has 0 amide bonds. The van der Waals surface area contributed by atoms with Crippen molar-refractivity contribution >= 4 is 0 Å². The highest BCUT2D eigenvalue weighted by molar-refractivity contribution is 5.75. The van der Waals surface area contributed by atoms with E-state index < -0.39 is 0 Å². The van der Waals surface area contributed by atoms with Crippen LogP contribution in [-0.2, 0) is 4.74 Å². The summed E-state index contributed by atoms with van der Waals surface area (Å²) in [7, 11) is 0. The Morgan fingerprint density at radius 3 is 2.00 bits per heavy atom. The number of hydrogen-bond acceptors (Lipinski definition) is 2. The standard InChI is InChI=1S/C6H4.C5H9NO/c1-2-6-4-3-5(1)6;1-2-3-4-7-5-6/h1-4H;2-4H2,1H3. The largest absolute Gasteiger partial charge is 0.428 e. The van der Waals surface area contributed by atoms with Gasteiger partial charge in [0.25, 0.3) is 6.26 Å². The van der Waals surface area contributed by atoms with E-state index in [2.05, 4.69) is 35.9 Å². The van der Waals surface area contributed by atoms with Crippen LogP contribution in [-0.4, -0.2) is 6.61 Å². The minimum atomic E-state index is 0.576. The van der Waals surface area contributed by atoms with Gasteiger partial charge in [0.1, 0.15) is 6.61 Å². The Balaban J connectivity index is 0.000000130. The van der Waals surface area contributed by atoms with E-state index >= 15 is 0 Å². The Morgan fingerprint density at radius 1 is 1.23 bits per heavy atom. The Hall–Kier alpha value is -1.49. The Morgan fingerprint density at radius 2 is 1.77 bits per heavy atom. The van der Waals surface area contributed by atoms with Gasteiger partial charge in [0.05, 0.1) is 0 Å². The third kappa shape index (κ3) is 2.79. The van der Waals surface area contributed by atoms with E-state index in [0.29, 0.717) is 6.61 Å². The van der Waals surface area contributed by atoms with Crippen molar-refractivity contribution in [2.45, 2.75) is 19.8 Å². The Labute approximate surface area is 78.8 Å². The Kier molecular flexibility index (Phi) is 3.84. The van der Waals surface area contributed by atoms with Gasteiger partial charge in [-0.25, -0.2) is 0 Å². The van der Waals surface area contributed by atoms with E-state index in [9.17, 15) is 0 Å². The summed E-state index contributed by atoms with van der Waals surface area (Å²) in [6, 6.07) is 8.48. The molecular weight excluding hydrogens is 162 g/mol. The number of hydrogen-bond donors (Lipinski definition) is 0. The minimum Gasteiger partial charge on any atom is -0.428 e. The normalized spacial score (nSPS) is 9.23. The summed E-state index contributed by atoms with van der Waals surface area (Å²) >= 11 is 0. The highest BCUT2D eigenvalue weighted by Crippen LogP contribution is 2.29. The quantitative estimate of drug-likeness (QED) is 0.530. The van der Waals surface area contributed by atoms with Crippen molar-refractivity contribution in [2.24, 2.45) is 0 Å². The molecule has 0 heterocycles. The lowest BCUT2D eigenvalue weighted by atomic mass is 9.95. The SMILES string of the molecule is CCCCOC#N.c1cc2ccc1-2. The first-order valence-electron chi connectivity index (χ1n) is 4.49. The first-order chi connectivity index (χ1) is 6.38. The van der Waals surface area contributed by atoms with Crippen LogP contribution >= 0.6 is 0 Å². The van der Waals surface area contributed by atoms with Crippen molar-refractivity contribution in [3.05, 3.63) is 24.3 Å².